The summed E-state index contributed by atoms with van der Waals surface area (Å²) in [6.07, 6.45) is 0.803. The molecular formula is C13H17NO5. The number of nitro benzene ring substituents is 1. The smallest absolute Gasteiger partial charge is 0.344 e. The first-order chi connectivity index (χ1) is 8.95. The van der Waals surface area contributed by atoms with E-state index in [4.69, 9.17) is 9.84 Å². The molecule has 0 aliphatic rings. The first kappa shape index (κ1) is 14.9. The van der Waals surface area contributed by atoms with E-state index in [1.54, 1.807) is 13.0 Å². The summed E-state index contributed by atoms with van der Waals surface area (Å²) in [5, 5.41) is 19.9. The lowest BCUT2D eigenvalue weighted by atomic mass is 10.1. The lowest BCUT2D eigenvalue weighted by Crippen LogP contribution is -2.27. The quantitative estimate of drug-likeness (QED) is 0.606. The topological polar surface area (TPSA) is 89.7 Å². The van der Waals surface area contributed by atoms with Crippen LogP contribution in [0.15, 0.2) is 18.2 Å². The predicted molar refractivity (Wildman–Crippen MR) is 69.4 cm³/mol. The average molecular weight is 267 g/mol. The molecule has 1 N–H and O–H groups in total. The van der Waals surface area contributed by atoms with Crippen LogP contribution in [0.5, 0.6) is 5.75 Å². The van der Waals surface area contributed by atoms with Gasteiger partial charge in [-0.25, -0.2) is 4.79 Å². The van der Waals surface area contributed by atoms with Gasteiger partial charge in [0.1, 0.15) is 0 Å². The van der Waals surface area contributed by atoms with Crippen molar-refractivity contribution in [3.05, 3.63) is 33.9 Å². The lowest BCUT2D eigenvalue weighted by molar-refractivity contribution is -0.386. The van der Waals surface area contributed by atoms with E-state index in [1.807, 2.05) is 6.92 Å². The van der Waals surface area contributed by atoms with Crippen LogP contribution in [0.2, 0.25) is 0 Å². The summed E-state index contributed by atoms with van der Waals surface area (Å²) in [4.78, 5) is 21.4. The molecule has 1 atom stereocenters. The van der Waals surface area contributed by atoms with E-state index in [1.165, 1.54) is 12.1 Å². The van der Waals surface area contributed by atoms with E-state index in [0.717, 1.165) is 12.0 Å². The van der Waals surface area contributed by atoms with Gasteiger partial charge in [-0.15, -0.1) is 0 Å². The first-order valence-electron chi connectivity index (χ1n) is 6.10. The Morgan fingerprint density at radius 1 is 1.53 bits per heavy atom. The van der Waals surface area contributed by atoms with Gasteiger partial charge in [0.25, 0.3) is 0 Å². The van der Waals surface area contributed by atoms with Gasteiger partial charge >= 0.3 is 11.7 Å². The van der Waals surface area contributed by atoms with Crippen molar-refractivity contribution in [2.24, 2.45) is 0 Å². The van der Waals surface area contributed by atoms with Crippen LogP contribution in [-0.4, -0.2) is 22.1 Å². The van der Waals surface area contributed by atoms with Crippen molar-refractivity contribution in [1.82, 2.24) is 0 Å². The SMILES string of the molecule is CCCCC(Oc1cc(C)ccc1[N+](=O)[O-])C(=O)O. The van der Waals surface area contributed by atoms with Crippen LogP contribution in [0.3, 0.4) is 0 Å². The van der Waals surface area contributed by atoms with Crippen molar-refractivity contribution in [2.75, 3.05) is 0 Å². The Labute approximate surface area is 111 Å². The third kappa shape index (κ3) is 4.24. The van der Waals surface area contributed by atoms with Crippen molar-refractivity contribution in [3.8, 4) is 5.75 Å². The molecule has 19 heavy (non-hydrogen) atoms. The number of carboxylic acids is 1. The maximum absolute atomic E-state index is 11.1. The van der Waals surface area contributed by atoms with E-state index < -0.39 is 17.0 Å². The second-order valence-corrected chi connectivity index (χ2v) is 4.32. The summed E-state index contributed by atoms with van der Waals surface area (Å²) >= 11 is 0. The van der Waals surface area contributed by atoms with Gasteiger partial charge in [-0.1, -0.05) is 19.4 Å². The number of carbonyl (C=O) groups is 1. The molecule has 1 aromatic carbocycles. The van der Waals surface area contributed by atoms with Crippen LogP contribution >= 0.6 is 0 Å². The second kappa shape index (κ2) is 6.72. The van der Waals surface area contributed by atoms with E-state index in [2.05, 4.69) is 0 Å². The molecule has 1 rings (SSSR count). The van der Waals surface area contributed by atoms with Crippen LogP contribution in [0, 0.1) is 17.0 Å². The molecule has 0 aliphatic carbocycles. The number of ether oxygens (including phenoxy) is 1. The molecule has 1 aromatic rings. The molecule has 0 heterocycles. The summed E-state index contributed by atoms with van der Waals surface area (Å²) in [7, 11) is 0. The Balaban J connectivity index is 2.97. The Bertz CT molecular complexity index is 472. The van der Waals surface area contributed by atoms with E-state index in [9.17, 15) is 14.9 Å². The molecule has 104 valence electrons. The van der Waals surface area contributed by atoms with Gasteiger partial charge in [0.15, 0.2) is 11.9 Å². The maximum atomic E-state index is 11.1. The lowest BCUT2D eigenvalue weighted by Gasteiger charge is -2.15. The number of unbranched alkanes of at least 4 members (excludes halogenated alkanes) is 1. The van der Waals surface area contributed by atoms with Gasteiger partial charge in [-0.2, -0.15) is 0 Å². The molecular weight excluding hydrogens is 250 g/mol. The van der Waals surface area contributed by atoms with Crippen LogP contribution < -0.4 is 4.74 Å². The number of aryl methyl sites for hydroxylation is 1. The Morgan fingerprint density at radius 3 is 2.74 bits per heavy atom. The molecule has 0 saturated carbocycles. The van der Waals surface area contributed by atoms with Crippen molar-refractivity contribution in [3.63, 3.8) is 0 Å². The summed E-state index contributed by atoms with van der Waals surface area (Å²) in [5.74, 6) is -1.10. The molecule has 0 fully saturated rings. The minimum atomic E-state index is -1.11. The zero-order valence-electron chi connectivity index (χ0n) is 11.0. The molecule has 0 radical (unpaired) electrons. The van der Waals surface area contributed by atoms with Gasteiger partial charge in [-0.3, -0.25) is 10.1 Å². The van der Waals surface area contributed by atoms with Gasteiger partial charge in [-0.05, 0) is 31.4 Å². The zero-order valence-corrected chi connectivity index (χ0v) is 11.0. The molecule has 1 unspecified atom stereocenters. The Hall–Kier alpha value is -2.11. The van der Waals surface area contributed by atoms with Crippen LogP contribution in [-0.2, 0) is 4.79 Å². The number of hydrogen-bond acceptors (Lipinski definition) is 4. The number of nitrogens with zero attached hydrogens (tertiary/aromatic N) is 1. The summed E-state index contributed by atoms with van der Waals surface area (Å²) in [6.45, 7) is 3.70. The van der Waals surface area contributed by atoms with E-state index in [0.29, 0.717) is 12.8 Å². The fraction of sp³-hybridized carbons (Fsp3) is 0.462. The normalized spacial score (nSPS) is 11.9. The van der Waals surface area contributed by atoms with Crippen LogP contribution in [0.1, 0.15) is 31.7 Å². The second-order valence-electron chi connectivity index (χ2n) is 4.32. The van der Waals surface area contributed by atoms with Crippen molar-refractivity contribution in [2.45, 2.75) is 39.2 Å². The van der Waals surface area contributed by atoms with E-state index in [-0.39, 0.29) is 11.4 Å². The highest BCUT2D eigenvalue weighted by atomic mass is 16.6. The number of nitro groups is 1. The monoisotopic (exact) mass is 267 g/mol. The van der Waals surface area contributed by atoms with Crippen molar-refractivity contribution >= 4 is 11.7 Å². The standard InChI is InChI=1S/C13H17NO5/c1-3-4-5-11(13(15)16)19-12-8-9(2)6-7-10(12)14(17)18/h6-8,11H,3-5H2,1-2H3,(H,15,16). The first-order valence-corrected chi connectivity index (χ1v) is 6.10. The highest BCUT2D eigenvalue weighted by Gasteiger charge is 2.23. The number of aliphatic carboxylic acids is 1. The maximum Gasteiger partial charge on any atom is 0.344 e. The Morgan fingerprint density at radius 2 is 2.21 bits per heavy atom. The van der Waals surface area contributed by atoms with E-state index >= 15 is 0 Å². The van der Waals surface area contributed by atoms with Crippen LogP contribution in [0.4, 0.5) is 5.69 Å². The highest BCUT2D eigenvalue weighted by molar-refractivity contribution is 5.73. The largest absolute Gasteiger partial charge is 0.479 e. The summed E-state index contributed by atoms with van der Waals surface area (Å²) in [6, 6.07) is 4.40. The van der Waals surface area contributed by atoms with Crippen molar-refractivity contribution in [1.29, 1.82) is 0 Å². The summed E-state index contributed by atoms with van der Waals surface area (Å²) in [5.41, 5.74) is 0.563. The molecule has 0 aromatic heterocycles. The fourth-order valence-corrected chi connectivity index (χ4v) is 1.64. The predicted octanol–water partition coefficient (Wildman–Crippen LogP) is 2.93. The average Bonchev–Trinajstić information content (AvgIpc) is 2.33. The van der Waals surface area contributed by atoms with Gasteiger partial charge in [0.2, 0.25) is 0 Å². The third-order valence-electron chi connectivity index (χ3n) is 2.68. The highest BCUT2D eigenvalue weighted by Crippen LogP contribution is 2.29. The number of carboxylic acid groups (broad SMARTS) is 1. The molecule has 0 saturated heterocycles. The number of hydrogen-bond donors (Lipinski definition) is 1. The van der Waals surface area contributed by atoms with Crippen LogP contribution in [0.25, 0.3) is 0 Å². The molecule has 0 amide bonds. The number of rotatable bonds is 7. The molecule has 6 heteroatoms. The molecule has 0 bridgehead atoms. The molecule has 6 nitrogen and oxygen atoms in total. The summed E-state index contributed by atoms with van der Waals surface area (Å²) < 4.78 is 5.31. The minimum absolute atomic E-state index is 0.00787. The minimum Gasteiger partial charge on any atom is -0.479 e. The van der Waals surface area contributed by atoms with Gasteiger partial charge < -0.3 is 9.84 Å². The van der Waals surface area contributed by atoms with Crippen molar-refractivity contribution < 1.29 is 19.6 Å². The zero-order chi connectivity index (χ0) is 14.4. The number of benzene rings is 1. The third-order valence-corrected chi connectivity index (χ3v) is 2.68. The fourth-order valence-electron chi connectivity index (χ4n) is 1.64. The Kier molecular flexibility index (Phi) is 5.29. The van der Waals surface area contributed by atoms with Gasteiger partial charge in [0.05, 0.1) is 4.92 Å². The molecule has 0 spiro atoms. The molecule has 0 aliphatic heterocycles. The van der Waals surface area contributed by atoms with Gasteiger partial charge in [0, 0.05) is 6.07 Å².